The maximum absolute atomic E-state index is 13.4. The number of hydrogen-bond donors (Lipinski definition) is 0. The quantitative estimate of drug-likeness (QED) is 0.264. The minimum absolute atomic E-state index is 0.0163. The van der Waals surface area contributed by atoms with E-state index in [-0.39, 0.29) is 35.1 Å². The van der Waals surface area contributed by atoms with Crippen LogP contribution in [0.1, 0.15) is 16.8 Å². The lowest BCUT2D eigenvalue weighted by Crippen LogP contribution is -2.39. The monoisotopic (exact) mass is 498 g/mol. The molecule has 2 heterocycles. The number of benzene rings is 3. The molecule has 180 valence electrons. The Morgan fingerprint density at radius 3 is 2.11 bits per heavy atom. The third kappa shape index (κ3) is 4.89. The molecule has 1 aliphatic rings. The van der Waals surface area contributed by atoms with Crippen LogP contribution in [0, 0.1) is 0 Å². The summed E-state index contributed by atoms with van der Waals surface area (Å²) in [5.41, 5.74) is 0.478. The highest BCUT2D eigenvalue weighted by molar-refractivity contribution is 7.87. The van der Waals surface area contributed by atoms with E-state index in [4.69, 9.17) is 13.9 Å². The fourth-order valence-electron chi connectivity index (χ4n) is 4.03. The molecular formula is C28H22N2O5S. The summed E-state index contributed by atoms with van der Waals surface area (Å²) in [6, 6.07) is 29.6. The zero-order valence-electron chi connectivity index (χ0n) is 19.2. The highest BCUT2D eigenvalue weighted by atomic mass is 32.2. The van der Waals surface area contributed by atoms with Gasteiger partial charge in [0.1, 0.15) is 4.90 Å². The predicted molar refractivity (Wildman–Crippen MR) is 134 cm³/mol. The lowest BCUT2D eigenvalue weighted by molar-refractivity contribution is -0.139. The molecule has 0 saturated heterocycles. The van der Waals surface area contributed by atoms with Crippen LogP contribution in [0.15, 0.2) is 119 Å². The topological polar surface area (TPSA) is 94.9 Å². The number of carbonyl (C=O) groups is 1. The van der Waals surface area contributed by atoms with Crippen molar-refractivity contribution in [1.29, 1.82) is 0 Å². The minimum atomic E-state index is -4.11. The number of hydrogen-bond acceptors (Lipinski definition) is 7. The molecule has 0 fully saturated rings. The van der Waals surface area contributed by atoms with Gasteiger partial charge in [-0.15, -0.1) is 0 Å². The van der Waals surface area contributed by atoms with Gasteiger partial charge in [-0.25, -0.2) is 9.79 Å². The Morgan fingerprint density at radius 1 is 0.778 bits per heavy atom. The fourth-order valence-corrected chi connectivity index (χ4v) is 5.01. The number of ether oxygens (including phenoxy) is 1. The average molecular weight is 499 g/mol. The van der Waals surface area contributed by atoms with Gasteiger partial charge in [0.15, 0.2) is 11.3 Å². The highest BCUT2D eigenvalue weighted by Gasteiger charge is 2.47. The zero-order valence-corrected chi connectivity index (χ0v) is 20.0. The smallest absolute Gasteiger partial charge is 0.341 e. The van der Waals surface area contributed by atoms with Crippen LogP contribution in [-0.4, -0.2) is 30.8 Å². The second-order valence-corrected chi connectivity index (χ2v) is 9.89. The van der Waals surface area contributed by atoms with Crippen molar-refractivity contribution in [2.24, 2.45) is 4.99 Å². The van der Waals surface area contributed by atoms with Crippen LogP contribution in [0.5, 0.6) is 5.75 Å². The molecule has 5 rings (SSSR count). The van der Waals surface area contributed by atoms with Crippen LogP contribution < -0.4 is 4.18 Å². The molecule has 0 amide bonds. The molecule has 0 radical (unpaired) electrons. The minimum Gasteiger partial charge on any atom is -0.405 e. The van der Waals surface area contributed by atoms with E-state index < -0.39 is 21.6 Å². The lowest BCUT2D eigenvalue weighted by Gasteiger charge is -2.23. The van der Waals surface area contributed by atoms with Crippen LogP contribution >= 0.6 is 0 Å². The third-order valence-electron chi connectivity index (χ3n) is 5.78. The van der Waals surface area contributed by atoms with Gasteiger partial charge in [-0.1, -0.05) is 66.7 Å². The Labute approximate surface area is 209 Å². The summed E-state index contributed by atoms with van der Waals surface area (Å²) in [7, 11) is -4.11. The van der Waals surface area contributed by atoms with Crippen molar-refractivity contribution < 1.29 is 22.1 Å². The van der Waals surface area contributed by atoms with Gasteiger partial charge >= 0.3 is 16.1 Å². The van der Waals surface area contributed by atoms with Gasteiger partial charge in [-0.3, -0.25) is 4.98 Å². The second kappa shape index (κ2) is 9.75. The molecule has 0 spiro atoms. The van der Waals surface area contributed by atoms with Gasteiger partial charge in [0.25, 0.3) is 0 Å². The van der Waals surface area contributed by atoms with E-state index in [9.17, 15) is 13.2 Å². The van der Waals surface area contributed by atoms with Crippen molar-refractivity contribution in [3.8, 4) is 5.75 Å². The molecule has 36 heavy (non-hydrogen) atoms. The number of cyclic esters (lactones) is 1. The summed E-state index contributed by atoms with van der Waals surface area (Å²) in [5, 5.41) is 0. The Kier molecular flexibility index (Phi) is 6.35. The van der Waals surface area contributed by atoms with Gasteiger partial charge in [-0.05, 0) is 42.0 Å². The molecule has 0 saturated carbocycles. The molecule has 1 aliphatic heterocycles. The van der Waals surface area contributed by atoms with Gasteiger partial charge in [0, 0.05) is 24.6 Å². The summed E-state index contributed by atoms with van der Waals surface area (Å²) >= 11 is 0. The first kappa shape index (κ1) is 23.4. The van der Waals surface area contributed by atoms with Crippen LogP contribution in [0.3, 0.4) is 0 Å². The standard InChI is InChI=1S/C28H22N2O5S/c31-27-28(19-21-11-4-1-5-12-21,30-26(34-27)22-13-6-2-7-14-22)20-24-25(17-10-18-29-24)35-36(32,33)23-15-8-3-9-16-23/h1-18H,19-20H2. The van der Waals surface area contributed by atoms with Crippen molar-refractivity contribution in [3.05, 3.63) is 126 Å². The van der Waals surface area contributed by atoms with E-state index in [0.29, 0.717) is 5.56 Å². The normalized spacial score (nSPS) is 17.3. The van der Waals surface area contributed by atoms with E-state index in [1.165, 1.54) is 24.4 Å². The van der Waals surface area contributed by atoms with E-state index in [1.54, 1.807) is 24.3 Å². The number of aromatic nitrogens is 1. The Morgan fingerprint density at radius 2 is 1.42 bits per heavy atom. The predicted octanol–water partition coefficient (Wildman–Crippen LogP) is 4.38. The molecular weight excluding hydrogens is 476 g/mol. The summed E-state index contributed by atoms with van der Waals surface area (Å²) in [4.78, 5) is 22.5. The van der Waals surface area contributed by atoms with E-state index in [0.717, 1.165) is 5.56 Å². The SMILES string of the molecule is O=C1OC(c2ccccc2)=NC1(Cc1ccccc1)Cc1ncccc1OS(=O)(=O)c1ccccc1. The largest absolute Gasteiger partial charge is 0.405 e. The first-order valence-electron chi connectivity index (χ1n) is 11.3. The molecule has 4 aromatic rings. The zero-order chi connectivity index (χ0) is 25.0. The molecule has 0 aliphatic carbocycles. The maximum atomic E-state index is 13.4. The molecule has 0 bridgehead atoms. The Balaban J connectivity index is 1.54. The van der Waals surface area contributed by atoms with Crippen LogP contribution in [0.4, 0.5) is 0 Å². The Bertz CT molecular complexity index is 1510. The van der Waals surface area contributed by atoms with Crippen LogP contribution in [0.25, 0.3) is 0 Å². The van der Waals surface area contributed by atoms with Crippen molar-refractivity contribution in [3.63, 3.8) is 0 Å². The maximum Gasteiger partial charge on any atom is 0.341 e. The number of pyridine rings is 1. The highest BCUT2D eigenvalue weighted by Crippen LogP contribution is 2.34. The van der Waals surface area contributed by atoms with E-state index >= 15 is 0 Å². The summed E-state index contributed by atoms with van der Waals surface area (Å²) in [6.07, 6.45) is 1.75. The molecule has 3 aromatic carbocycles. The number of esters is 1. The molecule has 1 aromatic heterocycles. The van der Waals surface area contributed by atoms with Crippen molar-refractivity contribution in [1.82, 2.24) is 4.98 Å². The van der Waals surface area contributed by atoms with Gasteiger partial charge in [-0.2, -0.15) is 8.42 Å². The first-order valence-corrected chi connectivity index (χ1v) is 12.7. The molecule has 8 heteroatoms. The van der Waals surface area contributed by atoms with Crippen molar-refractivity contribution in [2.75, 3.05) is 0 Å². The van der Waals surface area contributed by atoms with Crippen molar-refractivity contribution >= 4 is 22.0 Å². The van der Waals surface area contributed by atoms with Crippen LogP contribution in [0.2, 0.25) is 0 Å². The summed E-state index contributed by atoms with van der Waals surface area (Å²) in [6.45, 7) is 0. The summed E-state index contributed by atoms with van der Waals surface area (Å²) in [5.74, 6) is -0.287. The molecule has 7 nitrogen and oxygen atoms in total. The summed E-state index contributed by atoms with van der Waals surface area (Å²) < 4.78 is 36.9. The molecule has 1 atom stereocenters. The first-order chi connectivity index (χ1) is 17.5. The fraction of sp³-hybridized carbons (Fsp3) is 0.107. The third-order valence-corrected chi connectivity index (χ3v) is 7.03. The average Bonchev–Trinajstić information content (AvgIpc) is 3.22. The van der Waals surface area contributed by atoms with Gasteiger partial charge in [0.05, 0.1) is 5.69 Å². The van der Waals surface area contributed by atoms with E-state index in [1.807, 2.05) is 60.7 Å². The second-order valence-electron chi connectivity index (χ2n) is 8.34. The molecule has 0 N–H and O–H groups in total. The number of carbonyl (C=O) groups excluding carboxylic acids is 1. The number of aliphatic imine (C=N–C) groups is 1. The lowest BCUT2D eigenvalue weighted by atomic mass is 9.87. The van der Waals surface area contributed by atoms with Gasteiger partial charge < -0.3 is 8.92 Å². The number of nitrogens with zero attached hydrogens (tertiary/aromatic N) is 2. The Hall–Kier alpha value is -4.30. The number of rotatable bonds is 8. The van der Waals surface area contributed by atoms with Crippen LogP contribution in [-0.2, 0) is 32.5 Å². The van der Waals surface area contributed by atoms with E-state index in [2.05, 4.69) is 4.98 Å². The van der Waals surface area contributed by atoms with Crippen molar-refractivity contribution in [2.45, 2.75) is 23.3 Å². The van der Waals surface area contributed by atoms with Gasteiger partial charge in [0.2, 0.25) is 5.90 Å². The molecule has 1 unspecified atom stereocenters.